The van der Waals surface area contributed by atoms with Gasteiger partial charge in [-0.2, -0.15) is 0 Å². The lowest BCUT2D eigenvalue weighted by atomic mass is 10.3. The van der Waals surface area contributed by atoms with E-state index in [9.17, 15) is 8.42 Å². The Kier molecular flexibility index (Phi) is 5.51. The Morgan fingerprint density at radius 3 is 2.31 bits per heavy atom. The van der Waals surface area contributed by atoms with Crippen molar-refractivity contribution in [2.45, 2.75) is 31.6 Å². The molecule has 2 unspecified atom stereocenters. The topological polar surface area (TPSA) is 69.4 Å². The predicted molar refractivity (Wildman–Crippen MR) is 53.4 cm³/mol. The third-order valence-corrected chi connectivity index (χ3v) is 4.04. The van der Waals surface area contributed by atoms with Crippen LogP contribution in [0.5, 0.6) is 0 Å². The minimum atomic E-state index is -3.02. The quantitative estimate of drug-likeness (QED) is 0.677. The molecule has 2 atom stereocenters. The van der Waals surface area contributed by atoms with Crippen LogP contribution in [0, 0.1) is 0 Å². The molecule has 0 aromatic rings. The molecule has 0 bridgehead atoms. The van der Waals surface area contributed by atoms with E-state index < -0.39 is 15.1 Å². The summed E-state index contributed by atoms with van der Waals surface area (Å²) in [6.45, 7) is 3.71. The van der Waals surface area contributed by atoms with Crippen LogP contribution in [0.3, 0.4) is 0 Å². The highest BCUT2D eigenvalue weighted by atomic mass is 32.2. The molecule has 5 heteroatoms. The van der Waals surface area contributed by atoms with Crippen molar-refractivity contribution in [1.29, 1.82) is 0 Å². The lowest BCUT2D eigenvalue weighted by Gasteiger charge is -2.12. The molecule has 0 aliphatic rings. The second-order valence-corrected chi connectivity index (χ2v) is 5.94. The second kappa shape index (κ2) is 5.57. The molecule has 0 saturated carbocycles. The van der Waals surface area contributed by atoms with Crippen LogP contribution in [0.25, 0.3) is 0 Å². The van der Waals surface area contributed by atoms with Gasteiger partial charge in [0.25, 0.3) is 0 Å². The molecule has 0 spiro atoms. The zero-order valence-electron chi connectivity index (χ0n) is 8.49. The van der Waals surface area contributed by atoms with Crippen molar-refractivity contribution in [3.05, 3.63) is 0 Å². The smallest absolute Gasteiger partial charge is 0.155 e. The van der Waals surface area contributed by atoms with Gasteiger partial charge in [-0.1, -0.05) is 0 Å². The first-order valence-electron chi connectivity index (χ1n) is 4.36. The molecule has 0 aromatic carbocycles. The van der Waals surface area contributed by atoms with E-state index in [1.54, 1.807) is 13.8 Å². The number of sulfone groups is 1. The van der Waals surface area contributed by atoms with Gasteiger partial charge in [-0.25, -0.2) is 8.42 Å². The summed E-state index contributed by atoms with van der Waals surface area (Å²) in [7, 11) is -1.52. The van der Waals surface area contributed by atoms with Crippen LogP contribution in [-0.4, -0.2) is 39.2 Å². The van der Waals surface area contributed by atoms with Crippen molar-refractivity contribution in [2.75, 3.05) is 19.5 Å². The zero-order valence-corrected chi connectivity index (χ0v) is 9.30. The Labute approximate surface area is 80.4 Å². The molecule has 0 aliphatic heterocycles. The molecule has 0 aliphatic carbocycles. The Hall–Kier alpha value is -0.130. The average Bonchev–Trinajstić information content (AvgIpc) is 2.01. The van der Waals surface area contributed by atoms with E-state index in [0.29, 0.717) is 6.42 Å². The van der Waals surface area contributed by atoms with Crippen LogP contribution < -0.4 is 5.73 Å². The van der Waals surface area contributed by atoms with Crippen molar-refractivity contribution in [1.82, 2.24) is 0 Å². The Bertz CT molecular complexity index is 224. The highest BCUT2D eigenvalue weighted by Crippen LogP contribution is 2.05. The van der Waals surface area contributed by atoms with E-state index in [-0.39, 0.29) is 18.4 Å². The molecule has 13 heavy (non-hydrogen) atoms. The summed E-state index contributed by atoms with van der Waals surface area (Å²) in [6, 6.07) is -0.0653. The molecule has 0 aromatic heterocycles. The van der Waals surface area contributed by atoms with Crippen molar-refractivity contribution in [3.63, 3.8) is 0 Å². The van der Waals surface area contributed by atoms with Crippen LogP contribution >= 0.6 is 0 Å². The second-order valence-electron chi connectivity index (χ2n) is 3.40. The van der Waals surface area contributed by atoms with Crippen molar-refractivity contribution in [2.24, 2.45) is 5.73 Å². The summed E-state index contributed by atoms with van der Waals surface area (Å²) in [6.07, 6.45) is 0.510. The molecule has 0 saturated heterocycles. The summed E-state index contributed by atoms with van der Waals surface area (Å²) in [5.41, 5.74) is 5.48. The molecule has 0 fully saturated rings. The van der Waals surface area contributed by atoms with Crippen LogP contribution in [0.1, 0.15) is 20.3 Å². The van der Waals surface area contributed by atoms with Crippen molar-refractivity contribution < 1.29 is 13.2 Å². The summed E-state index contributed by atoms with van der Waals surface area (Å²) in [5.74, 6) is 0.148. The van der Waals surface area contributed by atoms with Gasteiger partial charge in [-0.15, -0.1) is 0 Å². The molecule has 0 radical (unpaired) electrons. The molecule has 4 nitrogen and oxygen atoms in total. The summed E-state index contributed by atoms with van der Waals surface area (Å²) in [5, 5.41) is -0.434. The molecular weight excluding hydrogens is 190 g/mol. The molecule has 2 N–H and O–H groups in total. The Morgan fingerprint density at radius 1 is 1.38 bits per heavy atom. The van der Waals surface area contributed by atoms with Gasteiger partial charge in [-0.05, 0) is 20.3 Å². The van der Waals surface area contributed by atoms with Gasteiger partial charge in [0.05, 0.1) is 17.6 Å². The fraction of sp³-hybridized carbons (Fsp3) is 1.00. The largest absolute Gasteiger partial charge is 0.383 e. The number of rotatable bonds is 6. The van der Waals surface area contributed by atoms with Gasteiger partial charge in [0.15, 0.2) is 9.84 Å². The highest BCUT2D eigenvalue weighted by Gasteiger charge is 2.20. The molecule has 0 amide bonds. The number of methoxy groups -OCH3 is 1. The van der Waals surface area contributed by atoms with E-state index in [4.69, 9.17) is 10.5 Å². The third kappa shape index (κ3) is 5.23. The maximum Gasteiger partial charge on any atom is 0.155 e. The summed E-state index contributed by atoms with van der Waals surface area (Å²) in [4.78, 5) is 0. The maximum atomic E-state index is 11.5. The van der Waals surface area contributed by atoms with Crippen molar-refractivity contribution >= 4 is 9.84 Å². The SMILES string of the molecule is COCC(C)S(=O)(=O)CCC(C)N. The fourth-order valence-corrected chi connectivity index (χ4v) is 2.34. The minimum absolute atomic E-state index is 0.0653. The van der Waals surface area contributed by atoms with Crippen LogP contribution in [0.4, 0.5) is 0 Å². The van der Waals surface area contributed by atoms with Gasteiger partial charge in [0, 0.05) is 13.2 Å². The van der Waals surface area contributed by atoms with Crippen LogP contribution in [0.2, 0.25) is 0 Å². The first-order valence-corrected chi connectivity index (χ1v) is 6.07. The summed E-state index contributed by atoms with van der Waals surface area (Å²) >= 11 is 0. The number of hydrogen-bond donors (Lipinski definition) is 1. The lowest BCUT2D eigenvalue weighted by Crippen LogP contribution is -2.28. The number of nitrogens with two attached hydrogens (primary N) is 1. The first kappa shape index (κ1) is 12.9. The van der Waals surface area contributed by atoms with E-state index in [2.05, 4.69) is 0 Å². The monoisotopic (exact) mass is 209 g/mol. The Morgan fingerprint density at radius 2 is 1.92 bits per heavy atom. The maximum absolute atomic E-state index is 11.5. The minimum Gasteiger partial charge on any atom is -0.383 e. The Balaban J connectivity index is 4.07. The molecule has 0 heterocycles. The fourth-order valence-electron chi connectivity index (χ4n) is 0.890. The van der Waals surface area contributed by atoms with Gasteiger partial charge in [-0.3, -0.25) is 0 Å². The molecular formula is C8H19NO3S. The number of hydrogen-bond acceptors (Lipinski definition) is 4. The van der Waals surface area contributed by atoms with E-state index in [0.717, 1.165) is 0 Å². The molecule has 80 valence electrons. The number of ether oxygens (including phenoxy) is 1. The lowest BCUT2D eigenvalue weighted by molar-refractivity contribution is 0.200. The van der Waals surface area contributed by atoms with Gasteiger partial charge in [0.2, 0.25) is 0 Å². The van der Waals surface area contributed by atoms with Crippen molar-refractivity contribution in [3.8, 4) is 0 Å². The third-order valence-electron chi connectivity index (χ3n) is 1.87. The standard InChI is InChI=1S/C8H19NO3S/c1-7(9)4-5-13(10,11)8(2)6-12-3/h7-8H,4-6,9H2,1-3H3. The van der Waals surface area contributed by atoms with Gasteiger partial charge < -0.3 is 10.5 Å². The predicted octanol–water partition coefficient (Wildman–Crippen LogP) is 0.173. The first-order chi connectivity index (χ1) is 5.90. The normalized spacial score (nSPS) is 16.9. The van der Waals surface area contributed by atoms with E-state index in [1.165, 1.54) is 7.11 Å². The average molecular weight is 209 g/mol. The highest BCUT2D eigenvalue weighted by molar-refractivity contribution is 7.92. The van der Waals surface area contributed by atoms with Gasteiger partial charge in [0.1, 0.15) is 0 Å². The summed E-state index contributed by atoms with van der Waals surface area (Å²) < 4.78 is 27.8. The van der Waals surface area contributed by atoms with Gasteiger partial charge >= 0.3 is 0 Å². The van der Waals surface area contributed by atoms with E-state index >= 15 is 0 Å². The van der Waals surface area contributed by atoms with Crippen LogP contribution in [-0.2, 0) is 14.6 Å². The van der Waals surface area contributed by atoms with Crippen LogP contribution in [0.15, 0.2) is 0 Å². The zero-order chi connectivity index (χ0) is 10.5. The molecule has 0 rings (SSSR count). The van der Waals surface area contributed by atoms with E-state index in [1.807, 2.05) is 0 Å².